The second kappa shape index (κ2) is 7.36. The minimum atomic E-state index is -4.12. The van der Waals surface area contributed by atoms with E-state index in [9.17, 15) is 27.7 Å². The van der Waals surface area contributed by atoms with Crippen LogP contribution in [0, 0.1) is 22.9 Å². The molecule has 2 aromatic rings. The maximum atomic E-state index is 12.8. The number of anilines is 1. The highest BCUT2D eigenvalue weighted by atomic mass is 32.2. The van der Waals surface area contributed by atoms with Crippen LogP contribution in [0.3, 0.4) is 0 Å². The summed E-state index contributed by atoms with van der Waals surface area (Å²) in [6.07, 6.45) is 0. The van der Waals surface area contributed by atoms with E-state index in [4.69, 9.17) is 0 Å². The van der Waals surface area contributed by atoms with Gasteiger partial charge in [0.25, 0.3) is 5.69 Å². The van der Waals surface area contributed by atoms with E-state index < -0.39 is 33.2 Å². The number of nitro benzene ring substituents is 1. The first-order valence-corrected chi connectivity index (χ1v) is 8.48. The fourth-order valence-corrected chi connectivity index (χ4v) is 3.31. The largest absolute Gasteiger partial charge is 0.325 e. The first kappa shape index (κ1) is 18.5. The molecule has 2 rings (SSSR count). The number of nitrogens with one attached hydrogen (secondary N) is 2. The Morgan fingerprint density at radius 2 is 1.84 bits per heavy atom. The Morgan fingerprint density at radius 1 is 1.20 bits per heavy atom. The Bertz CT molecular complexity index is 913. The van der Waals surface area contributed by atoms with Crippen molar-refractivity contribution in [1.82, 2.24) is 4.72 Å². The summed E-state index contributed by atoms with van der Waals surface area (Å²) in [5.41, 5.74) is -0.0605. The molecule has 25 heavy (non-hydrogen) atoms. The predicted octanol–water partition coefficient (Wildman–Crippen LogP) is 1.96. The van der Waals surface area contributed by atoms with Gasteiger partial charge >= 0.3 is 0 Å². The lowest BCUT2D eigenvalue weighted by Crippen LogP contribution is -2.33. The Labute approximate surface area is 142 Å². The van der Waals surface area contributed by atoms with Crippen LogP contribution in [0.4, 0.5) is 15.8 Å². The molecule has 0 radical (unpaired) electrons. The summed E-state index contributed by atoms with van der Waals surface area (Å²) in [4.78, 5) is 21.7. The highest BCUT2D eigenvalue weighted by Crippen LogP contribution is 2.24. The average Bonchev–Trinajstić information content (AvgIpc) is 2.55. The van der Waals surface area contributed by atoms with Gasteiger partial charge in [0.1, 0.15) is 5.82 Å². The smallest absolute Gasteiger partial charge is 0.273 e. The molecule has 2 aromatic carbocycles. The van der Waals surface area contributed by atoms with E-state index in [-0.39, 0.29) is 16.1 Å². The SMILES string of the molecule is Cc1c([N+](=O)[O-])cccc1S(=O)(=O)NCC(=O)Nc1ccc(F)cc1. The first-order chi connectivity index (χ1) is 11.7. The third-order valence-corrected chi connectivity index (χ3v) is 4.84. The number of nitro groups is 1. The standard InChI is InChI=1S/C15H14FN3O5S/c1-10-13(19(21)22)3-2-4-14(10)25(23,24)17-9-15(20)18-12-7-5-11(16)6-8-12/h2-8,17H,9H2,1H3,(H,18,20). The summed E-state index contributed by atoms with van der Waals surface area (Å²) >= 11 is 0. The van der Waals surface area contributed by atoms with Gasteiger partial charge in [-0.25, -0.2) is 17.5 Å². The number of halogens is 1. The van der Waals surface area contributed by atoms with E-state index >= 15 is 0 Å². The topological polar surface area (TPSA) is 118 Å². The van der Waals surface area contributed by atoms with E-state index in [1.54, 1.807) is 0 Å². The Balaban J connectivity index is 2.09. The molecule has 0 atom stereocenters. The molecular formula is C15H14FN3O5S. The van der Waals surface area contributed by atoms with Crippen molar-refractivity contribution in [3.05, 3.63) is 64.0 Å². The average molecular weight is 367 g/mol. The highest BCUT2D eigenvalue weighted by Gasteiger charge is 2.23. The normalized spacial score (nSPS) is 11.1. The summed E-state index contributed by atoms with van der Waals surface area (Å²) in [5.74, 6) is -1.14. The number of hydrogen-bond donors (Lipinski definition) is 2. The number of carbonyl (C=O) groups excluding carboxylic acids is 1. The molecule has 0 aliphatic rings. The molecule has 2 N–H and O–H groups in total. The van der Waals surface area contributed by atoms with Crippen molar-refractivity contribution in [2.45, 2.75) is 11.8 Å². The molecule has 0 fully saturated rings. The first-order valence-electron chi connectivity index (χ1n) is 7.00. The second-order valence-corrected chi connectivity index (χ2v) is 6.77. The molecule has 0 saturated heterocycles. The summed E-state index contributed by atoms with van der Waals surface area (Å²) in [5, 5.41) is 13.3. The van der Waals surface area contributed by atoms with Crippen LogP contribution in [-0.2, 0) is 14.8 Å². The van der Waals surface area contributed by atoms with Crippen molar-refractivity contribution in [3.63, 3.8) is 0 Å². The summed E-state index contributed by atoms with van der Waals surface area (Å²) in [6, 6.07) is 8.59. The maximum absolute atomic E-state index is 12.8. The zero-order chi connectivity index (χ0) is 18.6. The van der Waals surface area contributed by atoms with E-state index in [0.717, 1.165) is 12.1 Å². The van der Waals surface area contributed by atoms with Crippen LogP contribution in [0.5, 0.6) is 0 Å². The van der Waals surface area contributed by atoms with Crippen molar-refractivity contribution < 1.29 is 22.5 Å². The number of carbonyl (C=O) groups is 1. The van der Waals surface area contributed by atoms with Crippen LogP contribution in [0.15, 0.2) is 47.4 Å². The maximum Gasteiger partial charge on any atom is 0.273 e. The number of nitrogens with zero attached hydrogens (tertiary/aromatic N) is 1. The van der Waals surface area contributed by atoms with Gasteiger partial charge in [-0.05, 0) is 37.3 Å². The van der Waals surface area contributed by atoms with E-state index in [1.165, 1.54) is 37.3 Å². The van der Waals surface area contributed by atoms with Crippen molar-refractivity contribution in [3.8, 4) is 0 Å². The lowest BCUT2D eigenvalue weighted by atomic mass is 10.2. The summed E-state index contributed by atoms with van der Waals surface area (Å²) in [6.45, 7) is 0.729. The zero-order valence-electron chi connectivity index (χ0n) is 13.0. The highest BCUT2D eigenvalue weighted by molar-refractivity contribution is 7.89. The van der Waals surface area contributed by atoms with Gasteiger partial charge in [0.2, 0.25) is 15.9 Å². The van der Waals surface area contributed by atoms with Crippen molar-refractivity contribution >= 4 is 27.3 Å². The van der Waals surface area contributed by atoms with Crippen LogP contribution in [0.25, 0.3) is 0 Å². The van der Waals surface area contributed by atoms with Gasteiger partial charge in [-0.15, -0.1) is 0 Å². The molecule has 8 nitrogen and oxygen atoms in total. The number of rotatable bonds is 6. The zero-order valence-corrected chi connectivity index (χ0v) is 13.8. The minimum Gasteiger partial charge on any atom is -0.325 e. The Morgan fingerprint density at radius 3 is 2.44 bits per heavy atom. The third-order valence-electron chi connectivity index (χ3n) is 3.29. The molecule has 1 amide bonds. The molecule has 0 unspecified atom stereocenters. The molecule has 0 spiro atoms. The van der Waals surface area contributed by atoms with Gasteiger partial charge in [-0.2, -0.15) is 0 Å². The number of hydrogen-bond acceptors (Lipinski definition) is 5. The van der Waals surface area contributed by atoms with Gasteiger partial charge in [0.15, 0.2) is 0 Å². The van der Waals surface area contributed by atoms with Crippen molar-refractivity contribution in [2.24, 2.45) is 0 Å². The molecule has 0 bridgehead atoms. The third kappa shape index (κ3) is 4.58. The van der Waals surface area contributed by atoms with Gasteiger partial charge in [0.05, 0.1) is 16.4 Å². The van der Waals surface area contributed by atoms with E-state index in [2.05, 4.69) is 10.0 Å². The molecule has 0 aliphatic heterocycles. The van der Waals surface area contributed by atoms with E-state index in [1.807, 2.05) is 0 Å². The number of sulfonamides is 1. The molecule has 0 aromatic heterocycles. The van der Waals surface area contributed by atoms with Crippen LogP contribution < -0.4 is 10.0 Å². The fourth-order valence-electron chi connectivity index (χ4n) is 2.07. The van der Waals surface area contributed by atoms with Crippen molar-refractivity contribution in [2.75, 3.05) is 11.9 Å². The lowest BCUT2D eigenvalue weighted by molar-refractivity contribution is -0.385. The van der Waals surface area contributed by atoms with Crippen molar-refractivity contribution in [1.29, 1.82) is 0 Å². The minimum absolute atomic E-state index is 0.0288. The quantitative estimate of drug-likeness (QED) is 0.598. The van der Waals surface area contributed by atoms with Crippen LogP contribution in [0.1, 0.15) is 5.56 Å². The molecule has 0 saturated carbocycles. The number of benzene rings is 2. The molecular weight excluding hydrogens is 353 g/mol. The monoisotopic (exact) mass is 367 g/mol. The fraction of sp³-hybridized carbons (Fsp3) is 0.133. The van der Waals surface area contributed by atoms with Gasteiger partial charge < -0.3 is 5.32 Å². The van der Waals surface area contributed by atoms with Gasteiger partial charge in [-0.1, -0.05) is 6.07 Å². The Hall–Kier alpha value is -2.85. The van der Waals surface area contributed by atoms with Gasteiger partial charge in [0, 0.05) is 17.3 Å². The molecule has 10 heteroatoms. The Kier molecular flexibility index (Phi) is 5.45. The summed E-state index contributed by atoms with van der Waals surface area (Å²) in [7, 11) is -4.12. The lowest BCUT2D eigenvalue weighted by Gasteiger charge is -2.10. The van der Waals surface area contributed by atoms with Gasteiger partial charge in [-0.3, -0.25) is 14.9 Å². The molecule has 0 aliphatic carbocycles. The molecule has 0 heterocycles. The van der Waals surface area contributed by atoms with E-state index in [0.29, 0.717) is 5.69 Å². The second-order valence-electron chi connectivity index (χ2n) is 5.04. The number of amides is 1. The van der Waals surface area contributed by atoms with Crippen LogP contribution >= 0.6 is 0 Å². The summed E-state index contributed by atoms with van der Waals surface area (Å²) < 4.78 is 39.4. The molecule has 132 valence electrons. The van der Waals surface area contributed by atoms with Crippen LogP contribution in [-0.4, -0.2) is 25.8 Å². The predicted molar refractivity (Wildman–Crippen MR) is 88.1 cm³/mol. The van der Waals surface area contributed by atoms with Crippen LogP contribution in [0.2, 0.25) is 0 Å².